The Hall–Kier alpha value is -1.87. The zero-order chi connectivity index (χ0) is 40.1. The van der Waals surface area contributed by atoms with Crippen LogP contribution in [0.1, 0.15) is 226 Å². The molecule has 0 aliphatic rings. The highest BCUT2D eigenvalue weighted by Crippen LogP contribution is 2.16. The van der Waals surface area contributed by atoms with E-state index in [9.17, 15) is 14.4 Å². The van der Waals surface area contributed by atoms with Crippen LogP contribution in [0.4, 0.5) is 4.79 Å². The van der Waals surface area contributed by atoms with E-state index in [1.54, 1.807) is 7.11 Å². The largest absolute Gasteiger partial charge is 0.462 e. The van der Waals surface area contributed by atoms with Gasteiger partial charge in [0.1, 0.15) is 13.2 Å². The first-order chi connectivity index (χ1) is 27.0. The van der Waals surface area contributed by atoms with E-state index in [1.165, 1.54) is 154 Å². The van der Waals surface area contributed by atoms with Gasteiger partial charge >= 0.3 is 18.0 Å². The molecule has 1 amide bonds. The molecule has 55 heavy (non-hydrogen) atoms. The van der Waals surface area contributed by atoms with Crippen LogP contribution in [0.2, 0.25) is 0 Å². The number of methoxy groups -OCH3 is 1. The van der Waals surface area contributed by atoms with Crippen LogP contribution in [0.25, 0.3) is 0 Å². The number of hydrogen-bond acceptors (Lipinski definition) is 8. The van der Waals surface area contributed by atoms with Gasteiger partial charge in [-0.25, -0.2) is 4.79 Å². The molecular formula is C46H89NO8. The molecule has 0 saturated heterocycles. The van der Waals surface area contributed by atoms with E-state index >= 15 is 0 Å². The second kappa shape index (κ2) is 44.8. The first-order valence-corrected chi connectivity index (χ1v) is 23.4. The van der Waals surface area contributed by atoms with Crippen LogP contribution < -0.4 is 5.32 Å². The van der Waals surface area contributed by atoms with Crippen molar-refractivity contribution < 1.29 is 38.1 Å². The van der Waals surface area contributed by atoms with Gasteiger partial charge in [0, 0.05) is 33.1 Å². The summed E-state index contributed by atoms with van der Waals surface area (Å²) in [5.74, 6) is -0.661. The van der Waals surface area contributed by atoms with Crippen molar-refractivity contribution in [2.24, 2.45) is 0 Å². The third kappa shape index (κ3) is 43.1. The minimum Gasteiger partial charge on any atom is -0.462 e. The number of carbonyl (C=O) groups excluding carboxylic acids is 3. The van der Waals surface area contributed by atoms with Crippen molar-refractivity contribution in [3.63, 3.8) is 0 Å². The Bertz CT molecular complexity index is 826. The third-order valence-electron chi connectivity index (χ3n) is 10.3. The minimum atomic E-state index is -0.836. The van der Waals surface area contributed by atoms with Crippen molar-refractivity contribution >= 4 is 18.0 Å². The lowest BCUT2D eigenvalue weighted by atomic mass is 10.0. The summed E-state index contributed by atoms with van der Waals surface area (Å²) >= 11 is 0. The SMILES string of the molecule is CCCCCCCCCCCCCCCCCC(=O)OCC(COC(=O)NCCCOCCOC)OC(=O)CCCCCCCCCCCCCCCCC. The average molecular weight is 784 g/mol. The smallest absolute Gasteiger partial charge is 0.407 e. The number of carbonyl (C=O) groups is 3. The van der Waals surface area contributed by atoms with Crippen molar-refractivity contribution in [3.8, 4) is 0 Å². The van der Waals surface area contributed by atoms with Gasteiger partial charge in [-0.05, 0) is 19.3 Å². The maximum Gasteiger partial charge on any atom is 0.407 e. The molecule has 0 aromatic carbocycles. The third-order valence-corrected chi connectivity index (χ3v) is 10.3. The second-order valence-corrected chi connectivity index (χ2v) is 15.7. The van der Waals surface area contributed by atoms with Gasteiger partial charge in [-0.3, -0.25) is 9.59 Å². The van der Waals surface area contributed by atoms with Gasteiger partial charge in [0.05, 0.1) is 13.2 Å². The molecule has 9 nitrogen and oxygen atoms in total. The molecule has 9 heteroatoms. The number of alkyl carbamates (subject to hydrolysis) is 1. The maximum atomic E-state index is 12.7. The lowest BCUT2D eigenvalue weighted by Crippen LogP contribution is -2.34. The van der Waals surface area contributed by atoms with Gasteiger partial charge in [0.15, 0.2) is 6.10 Å². The molecule has 0 aliphatic heterocycles. The molecule has 1 N–H and O–H groups in total. The van der Waals surface area contributed by atoms with Gasteiger partial charge in [-0.15, -0.1) is 0 Å². The second-order valence-electron chi connectivity index (χ2n) is 15.7. The Labute approximate surface area is 339 Å². The van der Waals surface area contributed by atoms with E-state index in [0.717, 1.165) is 38.5 Å². The summed E-state index contributed by atoms with van der Waals surface area (Å²) in [7, 11) is 1.62. The lowest BCUT2D eigenvalue weighted by molar-refractivity contribution is -0.161. The van der Waals surface area contributed by atoms with Crippen LogP contribution in [-0.4, -0.2) is 70.8 Å². The van der Waals surface area contributed by atoms with Gasteiger partial charge in [0.25, 0.3) is 0 Å². The molecule has 0 aromatic heterocycles. The first kappa shape index (κ1) is 53.1. The van der Waals surface area contributed by atoms with Crippen LogP contribution >= 0.6 is 0 Å². The molecule has 326 valence electrons. The number of rotatable bonds is 44. The number of esters is 2. The number of ether oxygens (including phenoxy) is 5. The van der Waals surface area contributed by atoms with Crippen molar-refractivity contribution in [1.29, 1.82) is 0 Å². The van der Waals surface area contributed by atoms with Gasteiger partial charge in [-0.1, -0.05) is 194 Å². The summed E-state index contributed by atoms with van der Waals surface area (Å²) < 4.78 is 26.8. The van der Waals surface area contributed by atoms with Crippen LogP contribution in [0, 0.1) is 0 Å². The molecule has 0 saturated carbocycles. The molecule has 0 aliphatic carbocycles. The predicted molar refractivity (Wildman–Crippen MR) is 227 cm³/mol. The summed E-state index contributed by atoms with van der Waals surface area (Å²) in [5, 5.41) is 2.68. The Kier molecular flexibility index (Phi) is 43.3. The average Bonchev–Trinajstić information content (AvgIpc) is 3.18. The normalized spacial score (nSPS) is 11.8. The predicted octanol–water partition coefficient (Wildman–Crippen LogP) is 12.7. The molecule has 0 aromatic rings. The van der Waals surface area contributed by atoms with E-state index in [2.05, 4.69) is 19.2 Å². The minimum absolute atomic E-state index is 0.122. The molecule has 1 atom stereocenters. The molecular weight excluding hydrogens is 695 g/mol. The van der Waals surface area contributed by atoms with Crippen molar-refractivity contribution in [2.45, 2.75) is 232 Å². The summed E-state index contributed by atoms with van der Waals surface area (Å²) in [4.78, 5) is 37.4. The summed E-state index contributed by atoms with van der Waals surface area (Å²) in [5.41, 5.74) is 0. The van der Waals surface area contributed by atoms with Crippen LogP contribution in [0.3, 0.4) is 0 Å². The topological polar surface area (TPSA) is 109 Å². The standard InChI is InChI=1S/C46H89NO8/c1-4-6-8-10-12-14-16-18-20-22-24-26-28-30-32-35-44(48)53-41-43(42-54-46(50)47-37-34-38-52-40-39-51-3)55-45(49)36-33-31-29-27-25-23-21-19-17-15-13-11-9-7-5-2/h43H,4-42H2,1-3H3,(H,47,50). The maximum absolute atomic E-state index is 12.7. The van der Waals surface area contributed by atoms with E-state index in [4.69, 9.17) is 23.7 Å². The summed E-state index contributed by atoms with van der Waals surface area (Å²) in [6.45, 7) is 6.16. The Morgan fingerprint density at radius 2 is 0.818 bits per heavy atom. The molecule has 0 heterocycles. The quantitative estimate of drug-likeness (QED) is 0.0369. The number of nitrogens with one attached hydrogen (secondary N) is 1. The number of amides is 1. The van der Waals surface area contributed by atoms with E-state index < -0.39 is 12.2 Å². The molecule has 0 spiro atoms. The van der Waals surface area contributed by atoms with Crippen molar-refractivity contribution in [2.75, 3.05) is 46.7 Å². The van der Waals surface area contributed by atoms with E-state index in [0.29, 0.717) is 45.6 Å². The van der Waals surface area contributed by atoms with E-state index in [-0.39, 0.29) is 25.2 Å². The Morgan fingerprint density at radius 3 is 1.24 bits per heavy atom. The van der Waals surface area contributed by atoms with Crippen molar-refractivity contribution in [1.82, 2.24) is 5.32 Å². The highest BCUT2D eigenvalue weighted by Gasteiger charge is 2.19. The van der Waals surface area contributed by atoms with Gasteiger partial charge in [0.2, 0.25) is 0 Å². The molecule has 0 bridgehead atoms. The van der Waals surface area contributed by atoms with Gasteiger partial charge < -0.3 is 29.0 Å². The van der Waals surface area contributed by atoms with Crippen LogP contribution in [-0.2, 0) is 33.3 Å². The number of hydrogen-bond donors (Lipinski definition) is 1. The zero-order valence-corrected chi connectivity index (χ0v) is 36.4. The van der Waals surface area contributed by atoms with Gasteiger partial charge in [-0.2, -0.15) is 0 Å². The van der Waals surface area contributed by atoms with Crippen LogP contribution in [0.15, 0.2) is 0 Å². The Morgan fingerprint density at radius 1 is 0.436 bits per heavy atom. The fourth-order valence-electron chi connectivity index (χ4n) is 6.73. The lowest BCUT2D eigenvalue weighted by Gasteiger charge is -2.18. The van der Waals surface area contributed by atoms with Crippen molar-refractivity contribution in [3.05, 3.63) is 0 Å². The molecule has 1 unspecified atom stereocenters. The summed E-state index contributed by atoms with van der Waals surface area (Å²) in [6.07, 6.45) is 37.8. The molecule has 0 radical (unpaired) electrons. The fraction of sp³-hybridized carbons (Fsp3) is 0.935. The van der Waals surface area contributed by atoms with E-state index in [1.807, 2.05) is 0 Å². The molecule has 0 rings (SSSR count). The fourth-order valence-corrected chi connectivity index (χ4v) is 6.73. The molecule has 0 fully saturated rings. The number of unbranched alkanes of at least 4 members (excludes halogenated alkanes) is 28. The summed E-state index contributed by atoms with van der Waals surface area (Å²) in [6, 6.07) is 0. The highest BCUT2D eigenvalue weighted by molar-refractivity contribution is 5.70. The Balaban J connectivity index is 4.22. The monoisotopic (exact) mass is 784 g/mol. The first-order valence-electron chi connectivity index (χ1n) is 23.4. The highest BCUT2D eigenvalue weighted by atomic mass is 16.6. The zero-order valence-electron chi connectivity index (χ0n) is 36.4. The van der Waals surface area contributed by atoms with Crippen LogP contribution in [0.5, 0.6) is 0 Å².